The van der Waals surface area contributed by atoms with Crippen LogP contribution in [0.2, 0.25) is 10.0 Å². The van der Waals surface area contributed by atoms with Crippen molar-refractivity contribution in [3.8, 4) is 0 Å². The Morgan fingerprint density at radius 3 is 2.42 bits per heavy atom. The summed E-state index contributed by atoms with van der Waals surface area (Å²) in [6.07, 6.45) is 0.135. The second-order valence-corrected chi connectivity index (χ2v) is 7.21. The molecule has 1 aromatic carbocycles. The number of carbonyl (C=O) groups excluding carboxylic acids is 2. The van der Waals surface area contributed by atoms with Gasteiger partial charge >= 0.3 is 5.97 Å². The van der Waals surface area contributed by atoms with Crippen molar-refractivity contribution in [2.75, 3.05) is 6.61 Å². The molecule has 1 saturated heterocycles. The summed E-state index contributed by atoms with van der Waals surface area (Å²) in [5.41, 5.74) is 0.702. The number of rotatable bonds is 4. The van der Waals surface area contributed by atoms with E-state index in [-0.39, 0.29) is 36.2 Å². The van der Waals surface area contributed by atoms with Crippen molar-refractivity contribution in [1.82, 2.24) is 4.90 Å². The molecule has 1 heterocycles. The average molecular weight is 372 g/mol. The molecule has 4 unspecified atom stereocenters. The topological polar surface area (TPSA) is 46.6 Å². The molecule has 2 rings (SSSR count). The Morgan fingerprint density at radius 2 is 1.83 bits per heavy atom. The number of halogens is 2. The van der Waals surface area contributed by atoms with E-state index in [0.29, 0.717) is 22.2 Å². The molecule has 132 valence electrons. The van der Waals surface area contributed by atoms with Gasteiger partial charge in [-0.2, -0.15) is 0 Å². The van der Waals surface area contributed by atoms with Crippen LogP contribution in [0.25, 0.3) is 0 Å². The molecule has 1 aromatic rings. The summed E-state index contributed by atoms with van der Waals surface area (Å²) in [6.45, 7) is 8.09. The van der Waals surface area contributed by atoms with Gasteiger partial charge in [0.2, 0.25) is 5.91 Å². The van der Waals surface area contributed by atoms with E-state index in [1.54, 1.807) is 30.0 Å². The summed E-state index contributed by atoms with van der Waals surface area (Å²) in [7, 11) is 0. The molecule has 6 heteroatoms. The zero-order valence-electron chi connectivity index (χ0n) is 14.4. The Hall–Kier alpha value is -1.26. The lowest BCUT2D eigenvalue weighted by Gasteiger charge is -2.28. The number of ether oxygens (including phenoxy) is 1. The van der Waals surface area contributed by atoms with Gasteiger partial charge in [0.25, 0.3) is 0 Å². The Balaban J connectivity index is 2.25. The molecule has 0 N–H and O–H groups in total. The maximum Gasteiger partial charge on any atom is 0.329 e. The van der Waals surface area contributed by atoms with Gasteiger partial charge in [-0.3, -0.25) is 4.79 Å². The van der Waals surface area contributed by atoms with Gasteiger partial charge < -0.3 is 9.64 Å². The van der Waals surface area contributed by atoms with Crippen LogP contribution in [0.5, 0.6) is 0 Å². The minimum atomic E-state index is -0.548. The standard InChI is InChI=1S/C18H23Cl2NO3/c1-5-24-18(23)17-11(3)10(2)12(4)21(17)16(22)8-13-6-7-14(19)9-15(13)20/h6-7,9-12,17H,5,8H2,1-4H3. The van der Waals surface area contributed by atoms with Crippen LogP contribution in [0.1, 0.15) is 33.3 Å². The molecule has 0 saturated carbocycles. The number of hydrogen-bond acceptors (Lipinski definition) is 3. The van der Waals surface area contributed by atoms with E-state index in [2.05, 4.69) is 6.92 Å². The molecular weight excluding hydrogens is 349 g/mol. The van der Waals surface area contributed by atoms with Gasteiger partial charge in [0.15, 0.2) is 0 Å². The van der Waals surface area contributed by atoms with Gasteiger partial charge in [-0.15, -0.1) is 0 Å². The highest BCUT2D eigenvalue weighted by atomic mass is 35.5. The largest absolute Gasteiger partial charge is 0.464 e. The molecule has 24 heavy (non-hydrogen) atoms. The van der Waals surface area contributed by atoms with Gasteiger partial charge in [0.1, 0.15) is 6.04 Å². The SMILES string of the molecule is CCOC(=O)C1C(C)C(C)C(C)N1C(=O)Cc1ccc(Cl)cc1Cl. The lowest BCUT2D eigenvalue weighted by Crippen LogP contribution is -2.47. The van der Waals surface area contributed by atoms with Crippen molar-refractivity contribution in [2.45, 2.75) is 46.2 Å². The summed E-state index contributed by atoms with van der Waals surface area (Å²) >= 11 is 12.1. The zero-order valence-corrected chi connectivity index (χ0v) is 15.9. The van der Waals surface area contributed by atoms with Crippen LogP contribution in [0.3, 0.4) is 0 Å². The highest BCUT2D eigenvalue weighted by Crippen LogP contribution is 2.36. The third-order valence-electron chi connectivity index (χ3n) is 5.00. The van der Waals surface area contributed by atoms with E-state index in [1.807, 2.05) is 13.8 Å². The first-order chi connectivity index (χ1) is 11.3. The minimum absolute atomic E-state index is 0.0343. The van der Waals surface area contributed by atoms with Crippen LogP contribution in [-0.4, -0.2) is 35.5 Å². The average Bonchev–Trinajstić information content (AvgIpc) is 2.74. The predicted molar refractivity (Wildman–Crippen MR) is 95.2 cm³/mol. The molecule has 0 aromatic heterocycles. The van der Waals surface area contributed by atoms with E-state index < -0.39 is 6.04 Å². The molecule has 1 aliphatic rings. The third kappa shape index (κ3) is 3.70. The van der Waals surface area contributed by atoms with E-state index in [9.17, 15) is 9.59 Å². The number of hydrogen-bond donors (Lipinski definition) is 0. The number of amides is 1. The summed E-state index contributed by atoms with van der Waals surface area (Å²) in [6, 6.07) is 4.49. The van der Waals surface area contributed by atoms with Crippen molar-refractivity contribution < 1.29 is 14.3 Å². The summed E-state index contributed by atoms with van der Waals surface area (Å²) < 4.78 is 5.19. The third-order valence-corrected chi connectivity index (χ3v) is 5.59. The quantitative estimate of drug-likeness (QED) is 0.752. The van der Waals surface area contributed by atoms with E-state index >= 15 is 0 Å². The zero-order chi connectivity index (χ0) is 18.0. The number of esters is 1. The Morgan fingerprint density at radius 1 is 1.17 bits per heavy atom. The number of carbonyl (C=O) groups is 2. The van der Waals surface area contributed by atoms with Gasteiger partial charge in [0, 0.05) is 16.1 Å². The molecule has 0 aliphatic carbocycles. The first-order valence-corrected chi connectivity index (χ1v) is 8.95. The smallest absolute Gasteiger partial charge is 0.329 e. The van der Waals surface area contributed by atoms with Gasteiger partial charge in [0.05, 0.1) is 13.0 Å². The van der Waals surface area contributed by atoms with Crippen LogP contribution < -0.4 is 0 Å². The maximum atomic E-state index is 12.9. The molecule has 1 amide bonds. The van der Waals surface area contributed by atoms with E-state index in [0.717, 1.165) is 0 Å². The predicted octanol–water partition coefficient (Wildman–Crippen LogP) is 3.97. The van der Waals surface area contributed by atoms with Crippen molar-refractivity contribution in [1.29, 1.82) is 0 Å². The van der Waals surface area contributed by atoms with E-state index in [1.165, 1.54) is 0 Å². The van der Waals surface area contributed by atoms with Crippen molar-refractivity contribution in [3.05, 3.63) is 33.8 Å². The fourth-order valence-electron chi connectivity index (χ4n) is 3.34. The lowest BCUT2D eigenvalue weighted by molar-refractivity contribution is -0.155. The monoisotopic (exact) mass is 371 g/mol. The van der Waals surface area contributed by atoms with Crippen molar-refractivity contribution in [2.24, 2.45) is 11.8 Å². The van der Waals surface area contributed by atoms with Crippen LogP contribution in [0.4, 0.5) is 0 Å². The molecule has 4 atom stereocenters. The van der Waals surface area contributed by atoms with Crippen LogP contribution in [-0.2, 0) is 20.7 Å². The Bertz CT molecular complexity index is 635. The molecular formula is C18H23Cl2NO3. The second-order valence-electron chi connectivity index (χ2n) is 6.37. The highest BCUT2D eigenvalue weighted by Gasteiger charge is 2.48. The van der Waals surface area contributed by atoms with Crippen molar-refractivity contribution >= 4 is 35.1 Å². The van der Waals surface area contributed by atoms with Gasteiger partial charge in [-0.25, -0.2) is 4.79 Å². The maximum absolute atomic E-state index is 12.9. The first kappa shape index (κ1) is 19.1. The van der Waals surface area contributed by atoms with Crippen molar-refractivity contribution in [3.63, 3.8) is 0 Å². The fraction of sp³-hybridized carbons (Fsp3) is 0.556. The Kier molecular flexibility index (Phi) is 6.16. The molecule has 1 aliphatic heterocycles. The van der Waals surface area contributed by atoms with Crippen LogP contribution in [0, 0.1) is 11.8 Å². The first-order valence-electron chi connectivity index (χ1n) is 8.19. The normalized spacial score (nSPS) is 26.5. The molecule has 4 nitrogen and oxygen atoms in total. The number of likely N-dealkylation sites (tertiary alicyclic amines) is 1. The highest BCUT2D eigenvalue weighted by molar-refractivity contribution is 6.35. The minimum Gasteiger partial charge on any atom is -0.464 e. The Labute approximate surface area is 153 Å². The molecule has 0 spiro atoms. The van der Waals surface area contributed by atoms with Gasteiger partial charge in [-0.05, 0) is 43.4 Å². The molecule has 0 bridgehead atoms. The number of benzene rings is 1. The summed E-state index contributed by atoms with van der Waals surface area (Å²) in [4.78, 5) is 26.9. The summed E-state index contributed by atoms with van der Waals surface area (Å²) in [5.74, 6) is -0.203. The van der Waals surface area contributed by atoms with Crippen LogP contribution >= 0.6 is 23.2 Å². The summed E-state index contributed by atoms with van der Waals surface area (Å²) in [5, 5.41) is 0.980. The van der Waals surface area contributed by atoms with Crippen LogP contribution in [0.15, 0.2) is 18.2 Å². The second kappa shape index (κ2) is 7.75. The van der Waals surface area contributed by atoms with Gasteiger partial charge in [-0.1, -0.05) is 43.1 Å². The molecule has 0 radical (unpaired) electrons. The molecule has 1 fully saturated rings. The van der Waals surface area contributed by atoms with E-state index in [4.69, 9.17) is 27.9 Å². The lowest BCUT2D eigenvalue weighted by atomic mass is 9.91. The fourth-order valence-corrected chi connectivity index (χ4v) is 3.82. The number of nitrogens with zero attached hydrogens (tertiary/aromatic N) is 1.